The first kappa shape index (κ1) is 19.4. The highest BCUT2D eigenvalue weighted by atomic mass is 15.3. The second-order valence-electron chi connectivity index (χ2n) is 7.55. The zero-order chi connectivity index (χ0) is 19.6. The number of anilines is 2. The molecular formula is C23H32N4. The molecule has 0 N–H and O–H groups in total. The Morgan fingerprint density at radius 1 is 0.963 bits per heavy atom. The van der Waals surface area contributed by atoms with Crippen LogP contribution >= 0.6 is 0 Å². The first-order valence-electron chi connectivity index (χ1n) is 10.1. The summed E-state index contributed by atoms with van der Waals surface area (Å²) >= 11 is 0. The van der Waals surface area contributed by atoms with Crippen molar-refractivity contribution < 1.29 is 0 Å². The number of rotatable bonds is 7. The molecule has 0 saturated heterocycles. The molecule has 3 aromatic rings. The molecule has 0 atom stereocenters. The van der Waals surface area contributed by atoms with Crippen LogP contribution in [0.1, 0.15) is 55.5 Å². The molecular weight excluding hydrogens is 332 g/mol. The Morgan fingerprint density at radius 2 is 1.67 bits per heavy atom. The number of unbranched alkanes of at least 4 members (excludes halogenated alkanes) is 2. The van der Waals surface area contributed by atoms with E-state index in [-0.39, 0.29) is 0 Å². The summed E-state index contributed by atoms with van der Waals surface area (Å²) in [6.07, 6.45) is 5.82. The van der Waals surface area contributed by atoms with Crippen molar-refractivity contribution in [2.24, 2.45) is 0 Å². The summed E-state index contributed by atoms with van der Waals surface area (Å²) in [6.45, 7) is 14.9. The molecule has 144 valence electrons. The van der Waals surface area contributed by atoms with Crippen LogP contribution in [-0.2, 0) is 6.54 Å². The molecule has 3 rings (SSSR count). The maximum Gasteiger partial charge on any atom is 0.232 e. The van der Waals surface area contributed by atoms with E-state index >= 15 is 0 Å². The van der Waals surface area contributed by atoms with Crippen LogP contribution in [0.4, 0.5) is 11.6 Å². The summed E-state index contributed by atoms with van der Waals surface area (Å²) in [5.74, 6) is 0.799. The zero-order valence-corrected chi connectivity index (χ0v) is 17.6. The van der Waals surface area contributed by atoms with Crippen LogP contribution in [-0.4, -0.2) is 21.1 Å². The minimum Gasteiger partial charge on any atom is -0.332 e. The number of aryl methyl sites for hydroxylation is 5. The highest BCUT2D eigenvalue weighted by Crippen LogP contribution is 2.32. The molecule has 1 aromatic carbocycles. The van der Waals surface area contributed by atoms with Gasteiger partial charge in [0.15, 0.2) is 0 Å². The lowest BCUT2D eigenvalue weighted by Crippen LogP contribution is -2.21. The van der Waals surface area contributed by atoms with Gasteiger partial charge in [-0.3, -0.25) is 0 Å². The Bertz CT molecular complexity index is 916. The summed E-state index contributed by atoms with van der Waals surface area (Å²) < 4.78 is 2.28. The molecule has 0 aliphatic carbocycles. The standard InChI is InChI=1S/C23H32N4/c1-7-9-10-12-26-13-11-20-19(6)24-23(25-22(20)26)27(8-2)21-17(4)14-16(3)15-18(21)5/h11,13-15H,7-10,12H2,1-6H3. The maximum atomic E-state index is 5.00. The largest absolute Gasteiger partial charge is 0.332 e. The fourth-order valence-corrected chi connectivity index (χ4v) is 4.03. The average Bonchev–Trinajstić information content (AvgIpc) is 3.02. The van der Waals surface area contributed by atoms with Gasteiger partial charge in [0.2, 0.25) is 5.95 Å². The fourth-order valence-electron chi connectivity index (χ4n) is 4.03. The Balaban J connectivity index is 2.08. The molecule has 0 unspecified atom stereocenters. The number of aromatic nitrogens is 3. The van der Waals surface area contributed by atoms with Gasteiger partial charge in [0.05, 0.1) is 5.69 Å². The van der Waals surface area contributed by atoms with E-state index < -0.39 is 0 Å². The van der Waals surface area contributed by atoms with Crippen LogP contribution < -0.4 is 4.90 Å². The molecule has 0 fully saturated rings. The monoisotopic (exact) mass is 364 g/mol. The van der Waals surface area contributed by atoms with Gasteiger partial charge < -0.3 is 9.47 Å². The Morgan fingerprint density at radius 3 is 2.30 bits per heavy atom. The SMILES string of the molecule is CCCCCn1ccc2c(C)nc(N(CC)c3c(C)cc(C)cc3C)nc21. The van der Waals surface area contributed by atoms with Gasteiger partial charge >= 0.3 is 0 Å². The molecule has 0 bridgehead atoms. The van der Waals surface area contributed by atoms with Gasteiger partial charge in [-0.15, -0.1) is 0 Å². The van der Waals surface area contributed by atoms with Gasteiger partial charge in [0, 0.05) is 30.4 Å². The first-order valence-corrected chi connectivity index (χ1v) is 10.1. The minimum atomic E-state index is 0.799. The molecule has 4 nitrogen and oxygen atoms in total. The van der Waals surface area contributed by atoms with Crippen LogP contribution in [0.5, 0.6) is 0 Å². The fraction of sp³-hybridized carbons (Fsp3) is 0.478. The number of benzene rings is 1. The summed E-state index contributed by atoms with van der Waals surface area (Å²) in [4.78, 5) is 12.1. The van der Waals surface area contributed by atoms with E-state index in [0.717, 1.165) is 35.8 Å². The van der Waals surface area contributed by atoms with E-state index in [2.05, 4.69) is 75.4 Å². The van der Waals surface area contributed by atoms with E-state index in [0.29, 0.717) is 0 Å². The van der Waals surface area contributed by atoms with Gasteiger partial charge in [-0.05, 0) is 58.2 Å². The third-order valence-electron chi connectivity index (χ3n) is 5.26. The van der Waals surface area contributed by atoms with E-state index in [9.17, 15) is 0 Å². The molecule has 0 aliphatic heterocycles. The van der Waals surface area contributed by atoms with Gasteiger partial charge in [-0.25, -0.2) is 4.98 Å². The minimum absolute atomic E-state index is 0.799. The van der Waals surface area contributed by atoms with Crippen LogP contribution in [0.25, 0.3) is 11.0 Å². The first-order chi connectivity index (χ1) is 13.0. The molecule has 0 radical (unpaired) electrons. The van der Waals surface area contributed by atoms with Crippen LogP contribution in [0.2, 0.25) is 0 Å². The molecule has 0 aliphatic rings. The van der Waals surface area contributed by atoms with Crippen LogP contribution in [0.15, 0.2) is 24.4 Å². The molecule has 2 heterocycles. The topological polar surface area (TPSA) is 34.0 Å². The summed E-state index contributed by atoms with van der Waals surface area (Å²) in [6, 6.07) is 6.63. The molecule has 0 spiro atoms. The van der Waals surface area contributed by atoms with Gasteiger partial charge in [-0.1, -0.05) is 37.5 Å². The smallest absolute Gasteiger partial charge is 0.232 e. The van der Waals surface area contributed by atoms with E-state index in [1.807, 2.05) is 0 Å². The lowest BCUT2D eigenvalue weighted by Gasteiger charge is -2.26. The summed E-state index contributed by atoms with van der Waals surface area (Å²) in [5.41, 5.74) is 7.16. The highest BCUT2D eigenvalue weighted by Gasteiger charge is 2.18. The number of fused-ring (bicyclic) bond motifs is 1. The van der Waals surface area contributed by atoms with Crippen molar-refractivity contribution >= 4 is 22.7 Å². The lowest BCUT2D eigenvalue weighted by atomic mass is 10.0. The molecule has 0 saturated carbocycles. The third kappa shape index (κ3) is 3.85. The predicted molar refractivity (Wildman–Crippen MR) is 115 cm³/mol. The van der Waals surface area contributed by atoms with E-state index in [1.165, 1.54) is 41.6 Å². The molecule has 4 heteroatoms. The van der Waals surface area contributed by atoms with E-state index in [4.69, 9.17) is 9.97 Å². The zero-order valence-electron chi connectivity index (χ0n) is 17.6. The van der Waals surface area contributed by atoms with Crippen LogP contribution in [0.3, 0.4) is 0 Å². The van der Waals surface area contributed by atoms with E-state index in [1.54, 1.807) is 0 Å². The Labute approximate surface area is 163 Å². The lowest BCUT2D eigenvalue weighted by molar-refractivity contribution is 0.613. The normalized spacial score (nSPS) is 11.3. The highest BCUT2D eigenvalue weighted by molar-refractivity contribution is 5.81. The predicted octanol–water partition coefficient (Wildman–Crippen LogP) is 6.01. The van der Waals surface area contributed by atoms with Crippen molar-refractivity contribution in [3.63, 3.8) is 0 Å². The second-order valence-corrected chi connectivity index (χ2v) is 7.55. The number of hydrogen-bond acceptors (Lipinski definition) is 3. The Kier molecular flexibility index (Phi) is 5.83. The van der Waals surface area contributed by atoms with Crippen molar-refractivity contribution in [1.82, 2.24) is 14.5 Å². The maximum absolute atomic E-state index is 5.00. The molecule has 0 amide bonds. The average molecular weight is 365 g/mol. The Hall–Kier alpha value is -2.36. The van der Waals surface area contributed by atoms with Crippen molar-refractivity contribution in [2.75, 3.05) is 11.4 Å². The van der Waals surface area contributed by atoms with Gasteiger partial charge in [0.1, 0.15) is 5.65 Å². The molecule has 2 aromatic heterocycles. The van der Waals surface area contributed by atoms with Crippen molar-refractivity contribution in [1.29, 1.82) is 0 Å². The third-order valence-corrected chi connectivity index (χ3v) is 5.26. The summed E-state index contributed by atoms with van der Waals surface area (Å²) in [7, 11) is 0. The van der Waals surface area contributed by atoms with Crippen LogP contribution in [0, 0.1) is 27.7 Å². The molecule has 27 heavy (non-hydrogen) atoms. The number of hydrogen-bond donors (Lipinski definition) is 0. The van der Waals surface area contributed by atoms with Gasteiger partial charge in [-0.2, -0.15) is 4.98 Å². The van der Waals surface area contributed by atoms with Crippen molar-refractivity contribution in [3.05, 3.63) is 46.8 Å². The second kappa shape index (κ2) is 8.12. The summed E-state index contributed by atoms with van der Waals surface area (Å²) in [5, 5.41) is 1.16. The van der Waals surface area contributed by atoms with Gasteiger partial charge in [0.25, 0.3) is 0 Å². The van der Waals surface area contributed by atoms with Crippen molar-refractivity contribution in [2.45, 2.75) is 67.3 Å². The van der Waals surface area contributed by atoms with Crippen molar-refractivity contribution in [3.8, 4) is 0 Å². The number of nitrogens with zero attached hydrogens (tertiary/aromatic N) is 4. The quantitative estimate of drug-likeness (QED) is 0.481.